The van der Waals surface area contributed by atoms with Crippen molar-refractivity contribution < 1.29 is 9.90 Å². The number of hydrogen-bond acceptors (Lipinski definition) is 2. The van der Waals surface area contributed by atoms with Gasteiger partial charge in [-0.2, -0.15) is 0 Å². The quantitative estimate of drug-likeness (QED) is 0.885. The molecule has 1 aromatic heterocycles. The van der Waals surface area contributed by atoms with Crippen molar-refractivity contribution in [3.05, 3.63) is 29.6 Å². The molecule has 19 heavy (non-hydrogen) atoms. The molecule has 100 valence electrons. The van der Waals surface area contributed by atoms with Crippen LogP contribution < -0.4 is 0 Å². The summed E-state index contributed by atoms with van der Waals surface area (Å²) in [6.07, 6.45) is 5.81. The lowest BCUT2D eigenvalue weighted by Crippen LogP contribution is -2.22. The predicted molar refractivity (Wildman–Crippen MR) is 73.5 cm³/mol. The summed E-state index contributed by atoms with van der Waals surface area (Å²) < 4.78 is 0. The number of imidazole rings is 1. The van der Waals surface area contributed by atoms with Crippen LogP contribution in [-0.2, 0) is 5.41 Å². The van der Waals surface area contributed by atoms with Gasteiger partial charge in [0, 0.05) is 5.41 Å². The van der Waals surface area contributed by atoms with Gasteiger partial charge >= 0.3 is 5.97 Å². The average molecular weight is 258 g/mol. The monoisotopic (exact) mass is 258 g/mol. The van der Waals surface area contributed by atoms with Crippen LogP contribution in [0.5, 0.6) is 0 Å². The van der Waals surface area contributed by atoms with Crippen molar-refractivity contribution in [1.82, 2.24) is 9.97 Å². The Hall–Kier alpha value is -1.84. The Kier molecular flexibility index (Phi) is 2.81. The first-order chi connectivity index (χ1) is 9.16. The fourth-order valence-corrected chi connectivity index (χ4v) is 3.27. The molecule has 0 atom stereocenters. The van der Waals surface area contributed by atoms with Crippen LogP contribution >= 0.6 is 0 Å². The highest BCUT2D eigenvalue weighted by Crippen LogP contribution is 2.42. The van der Waals surface area contributed by atoms with Crippen LogP contribution in [0, 0.1) is 0 Å². The minimum absolute atomic E-state index is 0.120. The molecule has 1 aromatic carbocycles. The number of hydrogen-bond donors (Lipinski definition) is 2. The Bertz CT molecular complexity index is 624. The first-order valence-corrected chi connectivity index (χ1v) is 6.89. The summed E-state index contributed by atoms with van der Waals surface area (Å²) in [5, 5.41) is 9.22. The highest BCUT2D eigenvalue weighted by atomic mass is 16.4. The van der Waals surface area contributed by atoms with Crippen molar-refractivity contribution in [2.24, 2.45) is 0 Å². The second-order valence-electron chi connectivity index (χ2n) is 5.43. The fraction of sp³-hybridized carbons (Fsp3) is 0.467. The van der Waals surface area contributed by atoms with Gasteiger partial charge in [-0.05, 0) is 31.4 Å². The summed E-state index contributed by atoms with van der Waals surface area (Å²) in [7, 11) is 0. The van der Waals surface area contributed by atoms with Gasteiger partial charge in [0.2, 0.25) is 0 Å². The Balaban J connectivity index is 2.16. The van der Waals surface area contributed by atoms with Crippen LogP contribution in [0.1, 0.15) is 55.2 Å². The van der Waals surface area contributed by atoms with E-state index in [0.29, 0.717) is 5.52 Å². The van der Waals surface area contributed by atoms with Crippen LogP contribution in [0.4, 0.5) is 0 Å². The minimum atomic E-state index is -0.916. The number of rotatable bonds is 3. The topological polar surface area (TPSA) is 66.0 Å². The predicted octanol–water partition coefficient (Wildman–Crippen LogP) is 3.48. The van der Waals surface area contributed by atoms with Crippen molar-refractivity contribution >= 4 is 17.0 Å². The number of carbonyl (C=O) groups is 1. The number of para-hydroxylation sites is 1. The smallest absolute Gasteiger partial charge is 0.337 e. The van der Waals surface area contributed by atoms with E-state index in [1.165, 1.54) is 12.8 Å². The lowest BCUT2D eigenvalue weighted by atomic mass is 9.83. The first kappa shape index (κ1) is 12.2. The zero-order chi connectivity index (χ0) is 13.5. The molecule has 0 unspecified atom stereocenters. The van der Waals surface area contributed by atoms with Gasteiger partial charge in [-0.3, -0.25) is 0 Å². The van der Waals surface area contributed by atoms with Crippen molar-refractivity contribution in [2.75, 3.05) is 0 Å². The van der Waals surface area contributed by atoms with E-state index < -0.39 is 5.97 Å². The second kappa shape index (κ2) is 4.37. The number of nitrogens with zero attached hydrogens (tertiary/aromatic N) is 1. The highest BCUT2D eigenvalue weighted by molar-refractivity contribution is 6.00. The Morgan fingerprint density at radius 1 is 1.42 bits per heavy atom. The molecular formula is C15H18N2O2. The van der Waals surface area contributed by atoms with Gasteiger partial charge in [-0.25, -0.2) is 9.78 Å². The summed E-state index contributed by atoms with van der Waals surface area (Å²) >= 11 is 0. The molecule has 0 spiro atoms. The summed E-state index contributed by atoms with van der Waals surface area (Å²) in [5.74, 6) is 0.0526. The number of aromatic nitrogens is 2. The van der Waals surface area contributed by atoms with Crippen LogP contribution in [-0.4, -0.2) is 21.0 Å². The number of fused-ring (bicyclic) bond motifs is 1. The Morgan fingerprint density at radius 3 is 2.79 bits per heavy atom. The lowest BCUT2D eigenvalue weighted by Gasteiger charge is -2.24. The van der Waals surface area contributed by atoms with E-state index in [2.05, 4.69) is 16.9 Å². The summed E-state index contributed by atoms with van der Waals surface area (Å²) in [6, 6.07) is 5.28. The SMILES string of the molecule is CCC1(c2nc3c(C(=O)O)cccc3[nH]2)CCCC1. The fourth-order valence-electron chi connectivity index (χ4n) is 3.27. The summed E-state index contributed by atoms with van der Waals surface area (Å²) in [6.45, 7) is 2.19. The standard InChI is InChI=1S/C15H18N2O2/c1-2-15(8-3-4-9-15)14-16-11-7-5-6-10(13(18)19)12(11)17-14/h5-7H,2-4,8-9H2,1H3,(H,16,17)(H,18,19). The van der Waals surface area contributed by atoms with Gasteiger partial charge in [0.25, 0.3) is 0 Å². The molecule has 0 aliphatic heterocycles. The molecule has 4 heteroatoms. The lowest BCUT2D eigenvalue weighted by molar-refractivity contribution is 0.0699. The molecule has 1 fully saturated rings. The normalized spacial score (nSPS) is 17.9. The molecule has 2 aromatic rings. The number of H-pyrrole nitrogens is 1. The van der Waals surface area contributed by atoms with E-state index in [4.69, 9.17) is 0 Å². The summed E-state index contributed by atoms with van der Waals surface area (Å²) in [4.78, 5) is 19.2. The summed E-state index contributed by atoms with van der Waals surface area (Å²) in [5.41, 5.74) is 1.82. The van der Waals surface area contributed by atoms with E-state index in [0.717, 1.165) is 30.6 Å². The number of carboxylic acids is 1. The largest absolute Gasteiger partial charge is 0.478 e. The maximum Gasteiger partial charge on any atom is 0.337 e. The van der Waals surface area contributed by atoms with Gasteiger partial charge in [-0.15, -0.1) is 0 Å². The molecule has 0 amide bonds. The second-order valence-corrected chi connectivity index (χ2v) is 5.43. The molecule has 0 radical (unpaired) electrons. The molecular weight excluding hydrogens is 240 g/mol. The van der Waals surface area contributed by atoms with E-state index in [9.17, 15) is 9.90 Å². The van der Waals surface area contributed by atoms with Crippen molar-refractivity contribution in [3.63, 3.8) is 0 Å². The van der Waals surface area contributed by atoms with Gasteiger partial charge < -0.3 is 10.1 Å². The molecule has 2 N–H and O–H groups in total. The van der Waals surface area contributed by atoms with E-state index >= 15 is 0 Å². The van der Waals surface area contributed by atoms with Crippen LogP contribution in [0.2, 0.25) is 0 Å². The third-order valence-corrected chi connectivity index (χ3v) is 4.48. The maximum atomic E-state index is 11.2. The van der Waals surface area contributed by atoms with E-state index in [1.807, 2.05) is 6.07 Å². The number of aromatic amines is 1. The third kappa shape index (κ3) is 1.82. The molecule has 1 aliphatic carbocycles. The zero-order valence-electron chi connectivity index (χ0n) is 11.1. The van der Waals surface area contributed by atoms with Gasteiger partial charge in [-0.1, -0.05) is 25.8 Å². The molecule has 4 nitrogen and oxygen atoms in total. The molecule has 0 saturated heterocycles. The number of aromatic carboxylic acids is 1. The first-order valence-electron chi connectivity index (χ1n) is 6.89. The zero-order valence-corrected chi connectivity index (χ0v) is 11.1. The van der Waals surface area contributed by atoms with Gasteiger partial charge in [0.05, 0.1) is 11.1 Å². The van der Waals surface area contributed by atoms with Crippen molar-refractivity contribution in [3.8, 4) is 0 Å². The highest BCUT2D eigenvalue weighted by Gasteiger charge is 2.36. The third-order valence-electron chi connectivity index (χ3n) is 4.48. The molecule has 1 aliphatic rings. The number of nitrogens with one attached hydrogen (secondary N) is 1. The van der Waals surface area contributed by atoms with Gasteiger partial charge in [0.15, 0.2) is 0 Å². The molecule has 1 saturated carbocycles. The Labute approximate surface area is 111 Å². The van der Waals surface area contributed by atoms with Crippen LogP contribution in [0.3, 0.4) is 0 Å². The minimum Gasteiger partial charge on any atom is -0.478 e. The van der Waals surface area contributed by atoms with Crippen molar-refractivity contribution in [2.45, 2.75) is 44.4 Å². The van der Waals surface area contributed by atoms with Crippen LogP contribution in [0.25, 0.3) is 11.0 Å². The number of benzene rings is 1. The molecule has 0 bridgehead atoms. The van der Waals surface area contributed by atoms with Gasteiger partial charge in [0.1, 0.15) is 11.3 Å². The van der Waals surface area contributed by atoms with E-state index in [-0.39, 0.29) is 11.0 Å². The average Bonchev–Trinajstić information content (AvgIpc) is 3.05. The van der Waals surface area contributed by atoms with Crippen molar-refractivity contribution in [1.29, 1.82) is 0 Å². The molecule has 1 heterocycles. The maximum absolute atomic E-state index is 11.2. The van der Waals surface area contributed by atoms with E-state index in [1.54, 1.807) is 12.1 Å². The molecule has 3 rings (SSSR count). The van der Waals surface area contributed by atoms with Crippen LogP contribution in [0.15, 0.2) is 18.2 Å². The number of carboxylic acid groups (broad SMARTS) is 1. The Morgan fingerprint density at radius 2 is 2.16 bits per heavy atom.